The largest absolute Gasteiger partial charge is 0.454 e. The van der Waals surface area contributed by atoms with Crippen molar-refractivity contribution in [3.63, 3.8) is 0 Å². The van der Waals surface area contributed by atoms with Gasteiger partial charge >= 0.3 is 5.69 Å². The second-order valence-corrected chi connectivity index (χ2v) is 6.78. The lowest BCUT2D eigenvalue weighted by atomic mass is 10.2. The summed E-state index contributed by atoms with van der Waals surface area (Å²) in [5.74, 6) is -0.309. The molecule has 0 aliphatic carbocycles. The maximum Gasteiger partial charge on any atom is 0.307 e. The summed E-state index contributed by atoms with van der Waals surface area (Å²) in [4.78, 5) is 34.7. The smallest absolute Gasteiger partial charge is 0.307 e. The molecule has 0 radical (unpaired) electrons. The van der Waals surface area contributed by atoms with Crippen LogP contribution in [0.2, 0.25) is 0 Å². The van der Waals surface area contributed by atoms with Gasteiger partial charge in [-0.25, -0.2) is 0 Å². The minimum Gasteiger partial charge on any atom is -0.454 e. The van der Waals surface area contributed by atoms with E-state index >= 15 is 0 Å². The molecule has 0 bridgehead atoms. The average Bonchev–Trinajstić information content (AvgIpc) is 3.51. The topological polar surface area (TPSA) is 150 Å². The number of nitrogens with zero attached hydrogens (tertiary/aromatic N) is 5. The first-order chi connectivity index (χ1) is 15.4. The van der Waals surface area contributed by atoms with Crippen molar-refractivity contribution in [1.82, 2.24) is 19.6 Å². The number of nitrogens with one attached hydrogen (secondary N) is 2. The van der Waals surface area contributed by atoms with E-state index in [1.54, 1.807) is 49.6 Å². The zero-order valence-corrected chi connectivity index (χ0v) is 16.8. The summed E-state index contributed by atoms with van der Waals surface area (Å²) >= 11 is 0. The molecule has 0 unspecified atom stereocenters. The van der Waals surface area contributed by atoms with Crippen molar-refractivity contribution < 1.29 is 18.9 Å². The Bertz CT molecular complexity index is 1290. The number of amides is 2. The lowest BCUT2D eigenvalue weighted by molar-refractivity contribution is -0.385. The Morgan fingerprint density at radius 1 is 1.06 bits per heavy atom. The van der Waals surface area contributed by atoms with Crippen LogP contribution >= 0.6 is 0 Å². The molecule has 0 atom stereocenters. The molecule has 4 aromatic rings. The van der Waals surface area contributed by atoms with Crippen molar-refractivity contribution in [2.24, 2.45) is 7.05 Å². The van der Waals surface area contributed by atoms with Gasteiger partial charge in [-0.1, -0.05) is 0 Å². The molecular weight excluding hydrogens is 418 g/mol. The number of benzene rings is 1. The van der Waals surface area contributed by atoms with Gasteiger partial charge in [0.25, 0.3) is 11.8 Å². The van der Waals surface area contributed by atoms with Crippen LogP contribution in [-0.4, -0.2) is 36.3 Å². The van der Waals surface area contributed by atoms with Gasteiger partial charge in [-0.05, 0) is 42.5 Å². The number of carbonyl (C=O) groups is 2. The van der Waals surface area contributed by atoms with Crippen molar-refractivity contribution in [2.45, 2.75) is 6.54 Å². The zero-order chi connectivity index (χ0) is 22.7. The molecule has 12 nitrogen and oxygen atoms in total. The maximum atomic E-state index is 12.4. The normalized spacial score (nSPS) is 10.7. The Kier molecular flexibility index (Phi) is 5.49. The molecule has 2 N–H and O–H groups in total. The number of rotatable bonds is 7. The van der Waals surface area contributed by atoms with E-state index in [2.05, 4.69) is 20.8 Å². The predicted molar refractivity (Wildman–Crippen MR) is 112 cm³/mol. The van der Waals surface area contributed by atoms with E-state index in [4.69, 9.17) is 4.42 Å². The molecule has 0 aliphatic rings. The summed E-state index contributed by atoms with van der Waals surface area (Å²) in [7, 11) is 1.72. The summed E-state index contributed by atoms with van der Waals surface area (Å²) in [5, 5.41) is 24.1. The molecule has 12 heteroatoms. The minimum absolute atomic E-state index is 0.0780. The first-order valence-corrected chi connectivity index (χ1v) is 9.35. The molecule has 32 heavy (non-hydrogen) atoms. The number of anilines is 2. The standard InChI is InChI=1S/C20H17N7O5/c1-25-9-8-17(24-25)19(28)22-13-2-4-14(5-3-13)23-20(29)18-7-6-16(32-18)12-26-11-15(10-21-26)27(30)31/h2-11H,12H2,1H3,(H,22,28)(H,23,29). The fourth-order valence-corrected chi connectivity index (χ4v) is 2.84. The Hall–Kier alpha value is -4.74. The third-order valence-electron chi connectivity index (χ3n) is 4.38. The summed E-state index contributed by atoms with van der Waals surface area (Å²) in [6.45, 7) is 0.145. The van der Waals surface area contributed by atoms with Gasteiger partial charge in [0, 0.05) is 24.6 Å². The van der Waals surface area contributed by atoms with Crippen LogP contribution in [0.1, 0.15) is 26.8 Å². The van der Waals surface area contributed by atoms with Crippen molar-refractivity contribution >= 4 is 28.9 Å². The number of furan rings is 1. The van der Waals surface area contributed by atoms with E-state index < -0.39 is 10.8 Å². The summed E-state index contributed by atoms with van der Waals surface area (Å²) in [5.41, 5.74) is 1.22. The summed E-state index contributed by atoms with van der Waals surface area (Å²) < 4.78 is 8.39. The maximum absolute atomic E-state index is 12.4. The van der Waals surface area contributed by atoms with E-state index in [1.807, 2.05) is 0 Å². The molecule has 0 fully saturated rings. The third kappa shape index (κ3) is 4.70. The van der Waals surface area contributed by atoms with Crippen molar-refractivity contribution in [2.75, 3.05) is 10.6 Å². The van der Waals surface area contributed by atoms with Crippen LogP contribution in [0, 0.1) is 10.1 Å². The van der Waals surface area contributed by atoms with Gasteiger partial charge in [-0.15, -0.1) is 0 Å². The molecule has 2 amide bonds. The highest BCUT2D eigenvalue weighted by molar-refractivity contribution is 6.04. The van der Waals surface area contributed by atoms with Crippen LogP contribution in [0.5, 0.6) is 0 Å². The predicted octanol–water partition coefficient (Wildman–Crippen LogP) is 2.67. The number of aryl methyl sites for hydroxylation is 1. The van der Waals surface area contributed by atoms with Gasteiger partial charge in [-0.2, -0.15) is 10.2 Å². The molecule has 1 aromatic carbocycles. The Labute approximate surface area is 180 Å². The van der Waals surface area contributed by atoms with E-state index in [-0.39, 0.29) is 23.9 Å². The van der Waals surface area contributed by atoms with E-state index in [0.29, 0.717) is 22.8 Å². The van der Waals surface area contributed by atoms with Crippen molar-refractivity contribution in [3.05, 3.63) is 88.4 Å². The molecule has 0 saturated carbocycles. The van der Waals surface area contributed by atoms with Crippen molar-refractivity contribution in [1.29, 1.82) is 0 Å². The second-order valence-electron chi connectivity index (χ2n) is 6.78. The number of nitro groups is 1. The zero-order valence-electron chi connectivity index (χ0n) is 16.8. The molecule has 0 spiro atoms. The van der Waals surface area contributed by atoms with Crippen LogP contribution in [0.3, 0.4) is 0 Å². The first kappa shape index (κ1) is 20.5. The lowest BCUT2D eigenvalue weighted by Gasteiger charge is -2.06. The van der Waals surface area contributed by atoms with Gasteiger partial charge in [0.2, 0.25) is 0 Å². The van der Waals surface area contributed by atoms with Crippen LogP contribution in [-0.2, 0) is 13.6 Å². The number of hydrogen-bond acceptors (Lipinski definition) is 7. The first-order valence-electron chi connectivity index (χ1n) is 9.35. The Morgan fingerprint density at radius 3 is 2.34 bits per heavy atom. The molecular formula is C20H17N7O5. The third-order valence-corrected chi connectivity index (χ3v) is 4.38. The second kappa shape index (κ2) is 8.55. The fraction of sp³-hybridized carbons (Fsp3) is 0.100. The molecule has 0 aliphatic heterocycles. The van der Waals surface area contributed by atoms with Crippen LogP contribution < -0.4 is 10.6 Å². The highest BCUT2D eigenvalue weighted by Gasteiger charge is 2.14. The van der Waals surface area contributed by atoms with E-state index in [9.17, 15) is 19.7 Å². The Morgan fingerprint density at radius 2 is 1.75 bits per heavy atom. The minimum atomic E-state index is -0.542. The van der Waals surface area contributed by atoms with Crippen LogP contribution in [0.25, 0.3) is 0 Å². The molecule has 162 valence electrons. The SMILES string of the molecule is Cn1ccc(C(=O)Nc2ccc(NC(=O)c3ccc(Cn4cc([N+](=O)[O-])cn4)o3)cc2)n1. The summed E-state index contributed by atoms with van der Waals surface area (Å²) in [6.07, 6.45) is 4.09. The Balaban J connectivity index is 1.34. The van der Waals surface area contributed by atoms with Gasteiger partial charge in [-0.3, -0.25) is 29.1 Å². The highest BCUT2D eigenvalue weighted by atomic mass is 16.6. The van der Waals surface area contributed by atoms with Gasteiger partial charge in [0.1, 0.15) is 18.2 Å². The quantitative estimate of drug-likeness (QED) is 0.335. The van der Waals surface area contributed by atoms with Gasteiger partial charge in [0.05, 0.1) is 11.5 Å². The molecule has 0 saturated heterocycles. The van der Waals surface area contributed by atoms with E-state index in [0.717, 1.165) is 6.20 Å². The molecule has 4 rings (SSSR count). The van der Waals surface area contributed by atoms with E-state index in [1.165, 1.54) is 21.6 Å². The van der Waals surface area contributed by atoms with Gasteiger partial charge in [0.15, 0.2) is 11.5 Å². The summed E-state index contributed by atoms with van der Waals surface area (Å²) in [6, 6.07) is 11.3. The van der Waals surface area contributed by atoms with Gasteiger partial charge < -0.3 is 15.1 Å². The average molecular weight is 435 g/mol. The number of hydrogen-bond donors (Lipinski definition) is 2. The van der Waals surface area contributed by atoms with Crippen LogP contribution in [0.15, 0.2) is 65.5 Å². The molecule has 3 heterocycles. The van der Waals surface area contributed by atoms with Crippen LogP contribution in [0.4, 0.5) is 17.1 Å². The fourth-order valence-electron chi connectivity index (χ4n) is 2.84. The highest BCUT2D eigenvalue weighted by Crippen LogP contribution is 2.17. The lowest BCUT2D eigenvalue weighted by Crippen LogP contribution is -2.13. The van der Waals surface area contributed by atoms with Crippen molar-refractivity contribution in [3.8, 4) is 0 Å². The number of carbonyl (C=O) groups excluding carboxylic acids is 2. The number of aromatic nitrogens is 4. The monoisotopic (exact) mass is 435 g/mol. The molecule has 3 aromatic heterocycles.